The summed E-state index contributed by atoms with van der Waals surface area (Å²) in [6, 6.07) is 9.94. The van der Waals surface area contributed by atoms with Crippen molar-refractivity contribution in [1.29, 1.82) is 0 Å². The van der Waals surface area contributed by atoms with E-state index in [4.69, 9.17) is 0 Å². The molecule has 0 radical (unpaired) electrons. The summed E-state index contributed by atoms with van der Waals surface area (Å²) in [5.74, 6) is 0.364. The van der Waals surface area contributed by atoms with Crippen molar-refractivity contribution in [3.05, 3.63) is 35.9 Å². The van der Waals surface area contributed by atoms with Gasteiger partial charge in [0.2, 0.25) is 0 Å². The molecule has 4 amide bonds. The molecule has 2 heterocycles. The van der Waals surface area contributed by atoms with Gasteiger partial charge in [-0.15, -0.1) is 0 Å². The first-order valence-electron chi connectivity index (χ1n) is 7.65. The summed E-state index contributed by atoms with van der Waals surface area (Å²) >= 11 is 0. The number of hydrogen-bond acceptors (Lipinski definition) is 2. The quantitative estimate of drug-likeness (QED) is 0.862. The third kappa shape index (κ3) is 3.01. The molecule has 1 unspecified atom stereocenters. The first kappa shape index (κ1) is 13.9. The second-order valence-electron chi connectivity index (χ2n) is 5.72. The second kappa shape index (κ2) is 6.16. The fourth-order valence-corrected chi connectivity index (χ4v) is 3.14. The smallest absolute Gasteiger partial charge is 0.328 e. The van der Waals surface area contributed by atoms with Crippen LogP contribution in [0.2, 0.25) is 0 Å². The van der Waals surface area contributed by atoms with Gasteiger partial charge in [-0.25, -0.2) is 14.5 Å². The first-order valence-corrected chi connectivity index (χ1v) is 7.65. The van der Waals surface area contributed by atoms with Gasteiger partial charge in [-0.1, -0.05) is 36.8 Å². The number of rotatable bonds is 1. The standard InChI is InChI=1S/C16H21N3O2/c20-15-17-9-11-19(15)16(21)18-10-5-4-8-14(12-18)13-6-2-1-3-7-13/h1-3,6-7,14H,4-5,8-12H2,(H,17,20). The summed E-state index contributed by atoms with van der Waals surface area (Å²) in [5, 5.41) is 2.69. The van der Waals surface area contributed by atoms with Crippen LogP contribution in [0, 0.1) is 0 Å². The molecule has 1 atom stereocenters. The summed E-state index contributed by atoms with van der Waals surface area (Å²) in [6.07, 6.45) is 3.22. The Morgan fingerprint density at radius 2 is 1.95 bits per heavy atom. The van der Waals surface area contributed by atoms with Gasteiger partial charge in [0.05, 0.1) is 0 Å². The minimum absolute atomic E-state index is 0.146. The van der Waals surface area contributed by atoms with Crippen LogP contribution in [-0.2, 0) is 0 Å². The maximum Gasteiger partial charge on any atom is 0.328 e. The molecular formula is C16H21N3O2. The molecule has 1 aromatic carbocycles. The summed E-state index contributed by atoms with van der Waals surface area (Å²) in [7, 11) is 0. The van der Waals surface area contributed by atoms with Crippen molar-refractivity contribution >= 4 is 12.1 Å². The Morgan fingerprint density at radius 3 is 2.67 bits per heavy atom. The van der Waals surface area contributed by atoms with Gasteiger partial charge in [-0.2, -0.15) is 0 Å². The van der Waals surface area contributed by atoms with E-state index in [1.54, 1.807) is 0 Å². The highest BCUT2D eigenvalue weighted by atomic mass is 16.2. The molecule has 2 saturated heterocycles. The monoisotopic (exact) mass is 287 g/mol. The van der Waals surface area contributed by atoms with E-state index in [-0.39, 0.29) is 12.1 Å². The molecule has 1 aromatic rings. The highest BCUT2D eigenvalue weighted by Gasteiger charge is 2.32. The average Bonchev–Trinajstić information content (AvgIpc) is 2.80. The molecule has 0 spiro atoms. The summed E-state index contributed by atoms with van der Waals surface area (Å²) in [6.45, 7) is 2.48. The van der Waals surface area contributed by atoms with E-state index >= 15 is 0 Å². The maximum atomic E-state index is 12.5. The molecule has 2 aliphatic heterocycles. The number of hydrogen-bond donors (Lipinski definition) is 1. The fraction of sp³-hybridized carbons (Fsp3) is 0.500. The van der Waals surface area contributed by atoms with Gasteiger partial charge in [0.25, 0.3) is 0 Å². The van der Waals surface area contributed by atoms with Crippen LogP contribution in [0.5, 0.6) is 0 Å². The minimum Gasteiger partial charge on any atom is -0.336 e. The van der Waals surface area contributed by atoms with Crippen molar-refractivity contribution in [2.75, 3.05) is 26.2 Å². The molecule has 0 aromatic heterocycles. The Labute approximate surface area is 124 Å². The lowest BCUT2D eigenvalue weighted by Crippen LogP contribution is -2.45. The molecule has 3 rings (SSSR count). The van der Waals surface area contributed by atoms with Crippen LogP contribution in [0.4, 0.5) is 9.59 Å². The molecule has 0 aliphatic carbocycles. The summed E-state index contributed by atoms with van der Waals surface area (Å²) in [5.41, 5.74) is 1.28. The Morgan fingerprint density at radius 1 is 1.14 bits per heavy atom. The highest BCUT2D eigenvalue weighted by molar-refractivity contribution is 5.95. The van der Waals surface area contributed by atoms with Crippen LogP contribution in [-0.4, -0.2) is 48.0 Å². The van der Waals surface area contributed by atoms with Crippen LogP contribution in [0.3, 0.4) is 0 Å². The number of amides is 4. The third-order valence-electron chi connectivity index (χ3n) is 4.30. The summed E-state index contributed by atoms with van der Waals surface area (Å²) < 4.78 is 0. The van der Waals surface area contributed by atoms with E-state index < -0.39 is 0 Å². The Balaban J connectivity index is 1.73. The van der Waals surface area contributed by atoms with E-state index in [2.05, 4.69) is 17.4 Å². The number of likely N-dealkylation sites (tertiary alicyclic amines) is 1. The van der Waals surface area contributed by atoms with E-state index in [1.807, 2.05) is 23.1 Å². The Hall–Kier alpha value is -2.04. The highest BCUT2D eigenvalue weighted by Crippen LogP contribution is 2.27. The molecular weight excluding hydrogens is 266 g/mol. The zero-order valence-electron chi connectivity index (χ0n) is 12.1. The van der Waals surface area contributed by atoms with Crippen molar-refractivity contribution < 1.29 is 9.59 Å². The zero-order chi connectivity index (χ0) is 14.7. The van der Waals surface area contributed by atoms with Crippen molar-refractivity contribution in [3.63, 3.8) is 0 Å². The third-order valence-corrected chi connectivity index (χ3v) is 4.30. The van der Waals surface area contributed by atoms with E-state index in [0.717, 1.165) is 25.8 Å². The predicted molar refractivity (Wildman–Crippen MR) is 80.1 cm³/mol. The van der Waals surface area contributed by atoms with E-state index in [1.165, 1.54) is 10.5 Å². The number of benzene rings is 1. The zero-order valence-corrected chi connectivity index (χ0v) is 12.1. The van der Waals surface area contributed by atoms with Gasteiger partial charge < -0.3 is 10.2 Å². The van der Waals surface area contributed by atoms with Crippen LogP contribution in [0.15, 0.2) is 30.3 Å². The molecule has 5 heteroatoms. The molecule has 2 aliphatic rings. The Kier molecular flexibility index (Phi) is 4.08. The summed E-state index contributed by atoms with van der Waals surface area (Å²) in [4.78, 5) is 27.4. The molecule has 21 heavy (non-hydrogen) atoms. The lowest BCUT2D eigenvalue weighted by molar-refractivity contribution is 0.163. The predicted octanol–water partition coefficient (Wildman–Crippen LogP) is 2.40. The number of carbonyl (C=O) groups is 2. The maximum absolute atomic E-state index is 12.5. The largest absolute Gasteiger partial charge is 0.336 e. The molecule has 5 nitrogen and oxygen atoms in total. The van der Waals surface area contributed by atoms with Crippen LogP contribution < -0.4 is 5.32 Å². The first-order chi connectivity index (χ1) is 10.3. The molecule has 0 saturated carbocycles. The lowest BCUT2D eigenvalue weighted by Gasteiger charge is -2.27. The van der Waals surface area contributed by atoms with Crippen molar-refractivity contribution in [2.24, 2.45) is 0 Å². The SMILES string of the molecule is O=C1NCCN1C(=O)N1CCCCC(c2ccccc2)C1. The number of imide groups is 1. The number of carbonyl (C=O) groups excluding carboxylic acids is 2. The van der Waals surface area contributed by atoms with Gasteiger partial charge in [0, 0.05) is 32.1 Å². The van der Waals surface area contributed by atoms with Crippen LogP contribution in [0.25, 0.3) is 0 Å². The Bertz CT molecular complexity index is 518. The average molecular weight is 287 g/mol. The molecule has 1 N–H and O–H groups in total. The normalized spacial score (nSPS) is 22.9. The van der Waals surface area contributed by atoms with Gasteiger partial charge in [0.15, 0.2) is 0 Å². The van der Waals surface area contributed by atoms with E-state index in [0.29, 0.717) is 25.6 Å². The van der Waals surface area contributed by atoms with Gasteiger partial charge in [-0.3, -0.25) is 0 Å². The number of nitrogens with zero attached hydrogens (tertiary/aromatic N) is 2. The minimum atomic E-state index is -0.263. The molecule has 2 fully saturated rings. The van der Waals surface area contributed by atoms with E-state index in [9.17, 15) is 9.59 Å². The fourth-order valence-electron chi connectivity index (χ4n) is 3.14. The second-order valence-corrected chi connectivity index (χ2v) is 5.72. The topological polar surface area (TPSA) is 52.7 Å². The van der Waals surface area contributed by atoms with Crippen LogP contribution in [0.1, 0.15) is 30.7 Å². The number of nitrogens with one attached hydrogen (secondary N) is 1. The van der Waals surface area contributed by atoms with Crippen molar-refractivity contribution in [2.45, 2.75) is 25.2 Å². The van der Waals surface area contributed by atoms with Crippen LogP contribution >= 0.6 is 0 Å². The van der Waals surface area contributed by atoms with Crippen molar-refractivity contribution in [3.8, 4) is 0 Å². The van der Waals surface area contributed by atoms with Crippen molar-refractivity contribution in [1.82, 2.24) is 15.1 Å². The molecule has 0 bridgehead atoms. The molecule has 112 valence electrons. The van der Waals surface area contributed by atoms with Gasteiger partial charge >= 0.3 is 12.1 Å². The number of urea groups is 2. The lowest BCUT2D eigenvalue weighted by atomic mass is 9.94. The van der Waals surface area contributed by atoms with Gasteiger partial charge in [-0.05, 0) is 18.4 Å². The van der Waals surface area contributed by atoms with Gasteiger partial charge in [0.1, 0.15) is 0 Å².